The largest absolute Gasteiger partial charge is 0.252 e. The lowest BCUT2D eigenvalue weighted by molar-refractivity contribution is 0.679. The number of rotatable bonds is 2. The highest BCUT2D eigenvalue weighted by molar-refractivity contribution is 7.85. The van der Waals surface area contributed by atoms with Gasteiger partial charge in [-0.05, 0) is 6.07 Å². The number of aromatic nitrogens is 3. The average Bonchev–Trinajstić information content (AvgIpc) is 2.30. The van der Waals surface area contributed by atoms with Crippen molar-refractivity contribution in [2.24, 2.45) is 0 Å². The van der Waals surface area contributed by atoms with Gasteiger partial charge >= 0.3 is 0 Å². The predicted molar refractivity (Wildman–Crippen MR) is 61.7 cm³/mol. The van der Waals surface area contributed by atoms with E-state index < -0.39 is 10.8 Å². The van der Waals surface area contributed by atoms with Gasteiger partial charge in [0.2, 0.25) is 0 Å². The van der Waals surface area contributed by atoms with Crippen molar-refractivity contribution in [1.29, 1.82) is 0 Å². The van der Waals surface area contributed by atoms with E-state index in [1.54, 1.807) is 12.1 Å². The molecular weight excluding hydrogens is 220 g/mol. The molecule has 2 rings (SSSR count). The van der Waals surface area contributed by atoms with Gasteiger partial charge in [0.1, 0.15) is 23.7 Å². The van der Waals surface area contributed by atoms with E-state index in [1.165, 1.54) is 18.6 Å². The molecule has 4 radical (unpaired) electrons. The number of nitrogens with zero attached hydrogens (tertiary/aromatic N) is 3. The van der Waals surface area contributed by atoms with Crippen LogP contribution in [-0.4, -0.2) is 34.9 Å². The van der Waals surface area contributed by atoms with Gasteiger partial charge in [-0.1, -0.05) is 11.5 Å². The van der Waals surface area contributed by atoms with Crippen LogP contribution in [0.4, 0.5) is 0 Å². The summed E-state index contributed by atoms with van der Waals surface area (Å²) in [5, 5.41) is 0.405. The normalized spacial score (nSPS) is 12.2. The Kier molecular flexibility index (Phi) is 3.14. The number of hydrogen-bond donors (Lipinski definition) is 0. The number of pyridine rings is 1. The maximum Gasteiger partial charge on any atom is 0.170 e. The fourth-order valence-electron chi connectivity index (χ4n) is 1.04. The summed E-state index contributed by atoms with van der Waals surface area (Å²) in [4.78, 5) is 11.9. The Bertz CT molecular complexity index is 468. The summed E-state index contributed by atoms with van der Waals surface area (Å²) >= 11 is 0. The minimum absolute atomic E-state index is 0.144. The van der Waals surface area contributed by atoms with E-state index in [2.05, 4.69) is 15.0 Å². The molecule has 1 atom stereocenters. The molecule has 7 heteroatoms. The third kappa shape index (κ3) is 2.36. The van der Waals surface area contributed by atoms with Gasteiger partial charge in [0.25, 0.3) is 0 Å². The summed E-state index contributed by atoms with van der Waals surface area (Å²) in [6.07, 6.45) is 4.28. The van der Waals surface area contributed by atoms with Gasteiger partial charge < -0.3 is 0 Å². The third-order valence-electron chi connectivity index (χ3n) is 1.81. The lowest BCUT2D eigenvalue weighted by Gasteiger charge is -2.01. The maximum absolute atomic E-state index is 12.0. The molecule has 2 aromatic rings. The van der Waals surface area contributed by atoms with Crippen LogP contribution in [0.25, 0.3) is 0 Å². The molecule has 0 aliphatic carbocycles. The summed E-state index contributed by atoms with van der Waals surface area (Å²) in [7, 11) is 9.40. The van der Waals surface area contributed by atoms with E-state index in [-0.39, 0.29) is 5.72 Å². The topological polar surface area (TPSA) is 55.7 Å². The van der Waals surface area contributed by atoms with Gasteiger partial charge in [0, 0.05) is 18.6 Å². The van der Waals surface area contributed by atoms with Crippen molar-refractivity contribution in [3.8, 4) is 0 Å². The lowest BCUT2D eigenvalue weighted by Crippen LogP contribution is -2.13. The molecule has 0 saturated carbocycles. The third-order valence-corrected chi connectivity index (χ3v) is 3.07. The van der Waals surface area contributed by atoms with Crippen molar-refractivity contribution >= 4 is 37.7 Å². The summed E-state index contributed by atoms with van der Waals surface area (Å²) < 4.78 is 12.0. The van der Waals surface area contributed by atoms with Crippen LogP contribution in [0, 0.1) is 0 Å². The van der Waals surface area contributed by atoms with Crippen LogP contribution < -0.4 is 11.2 Å². The Hall–Kier alpha value is -1.49. The van der Waals surface area contributed by atoms with Crippen LogP contribution in [0.1, 0.15) is 0 Å². The first-order valence-electron chi connectivity index (χ1n) is 4.37. The molecule has 16 heavy (non-hydrogen) atoms. The van der Waals surface area contributed by atoms with Crippen molar-refractivity contribution in [3.63, 3.8) is 0 Å². The second kappa shape index (κ2) is 4.57. The molecule has 2 heterocycles. The molecular formula is C9H5B2N3OS. The van der Waals surface area contributed by atoms with Crippen LogP contribution in [0.2, 0.25) is 0 Å². The summed E-state index contributed by atoms with van der Waals surface area (Å²) in [6.45, 7) is 0. The molecule has 0 aliphatic rings. The van der Waals surface area contributed by atoms with Gasteiger partial charge in [0.05, 0.1) is 10.6 Å². The Labute approximate surface area is 97.8 Å². The maximum atomic E-state index is 12.0. The SMILES string of the molecule is [B]c1ccc(S(=O)c2cnc([B])nc2)nc1. The smallest absolute Gasteiger partial charge is 0.170 e. The molecule has 4 nitrogen and oxygen atoms in total. The van der Waals surface area contributed by atoms with Gasteiger partial charge in [-0.25, -0.2) is 9.19 Å². The molecule has 0 bridgehead atoms. The van der Waals surface area contributed by atoms with Crippen molar-refractivity contribution in [3.05, 3.63) is 30.7 Å². The Morgan fingerprint density at radius 2 is 1.69 bits per heavy atom. The second-order valence-electron chi connectivity index (χ2n) is 2.98. The van der Waals surface area contributed by atoms with Crippen LogP contribution in [0.3, 0.4) is 0 Å². The molecule has 0 spiro atoms. The standard InChI is InChI=1S/C9H5B2N3OS/c10-6-1-2-8(12-3-6)16(15)7-4-13-9(11)14-5-7/h1-5H. The van der Waals surface area contributed by atoms with Crippen molar-refractivity contribution in [2.75, 3.05) is 0 Å². The lowest BCUT2D eigenvalue weighted by atomic mass is 9.99. The van der Waals surface area contributed by atoms with Gasteiger partial charge in [-0.15, -0.1) is 0 Å². The summed E-state index contributed by atoms with van der Waals surface area (Å²) in [5.41, 5.74) is 0.667. The first-order chi connectivity index (χ1) is 7.66. The van der Waals surface area contributed by atoms with Crippen LogP contribution >= 0.6 is 0 Å². The minimum atomic E-state index is -1.41. The Morgan fingerprint density at radius 3 is 2.25 bits per heavy atom. The van der Waals surface area contributed by atoms with Crippen molar-refractivity contribution < 1.29 is 4.21 Å². The van der Waals surface area contributed by atoms with Crippen LogP contribution in [0.5, 0.6) is 0 Å². The Balaban J connectivity index is 2.32. The summed E-state index contributed by atoms with van der Waals surface area (Å²) in [6, 6.07) is 3.24. The minimum Gasteiger partial charge on any atom is -0.252 e. The fourth-order valence-corrected chi connectivity index (χ4v) is 1.92. The van der Waals surface area contributed by atoms with Gasteiger partial charge in [0.15, 0.2) is 7.85 Å². The molecule has 74 valence electrons. The molecule has 0 N–H and O–H groups in total. The molecule has 0 fully saturated rings. The van der Waals surface area contributed by atoms with Crippen molar-refractivity contribution in [1.82, 2.24) is 15.0 Å². The van der Waals surface area contributed by atoms with Crippen LogP contribution in [0.15, 0.2) is 40.6 Å². The fraction of sp³-hybridized carbons (Fsp3) is 0. The predicted octanol–water partition coefficient (Wildman–Crippen LogP) is -1.37. The van der Waals surface area contributed by atoms with E-state index in [4.69, 9.17) is 15.7 Å². The van der Waals surface area contributed by atoms with Gasteiger partial charge in [-0.2, -0.15) is 0 Å². The molecule has 2 aromatic heterocycles. The number of hydrogen-bond acceptors (Lipinski definition) is 4. The highest BCUT2D eigenvalue weighted by Gasteiger charge is 2.08. The summed E-state index contributed by atoms with van der Waals surface area (Å²) in [5.74, 6) is 0. The van der Waals surface area contributed by atoms with E-state index in [0.717, 1.165) is 0 Å². The molecule has 0 saturated heterocycles. The zero-order chi connectivity index (χ0) is 11.5. The monoisotopic (exact) mass is 225 g/mol. The zero-order valence-corrected chi connectivity index (χ0v) is 9.02. The van der Waals surface area contributed by atoms with E-state index in [1.807, 2.05) is 0 Å². The highest BCUT2D eigenvalue weighted by Crippen LogP contribution is 2.09. The van der Waals surface area contributed by atoms with E-state index in [9.17, 15) is 4.21 Å². The highest BCUT2D eigenvalue weighted by atomic mass is 32.2. The molecule has 0 aliphatic heterocycles. The van der Waals surface area contributed by atoms with E-state index in [0.29, 0.717) is 15.4 Å². The van der Waals surface area contributed by atoms with Crippen LogP contribution in [-0.2, 0) is 10.8 Å². The molecule has 0 aromatic carbocycles. The molecule has 0 amide bonds. The molecule has 1 unspecified atom stereocenters. The zero-order valence-electron chi connectivity index (χ0n) is 8.20. The average molecular weight is 225 g/mol. The van der Waals surface area contributed by atoms with Gasteiger partial charge in [-0.3, -0.25) is 9.97 Å². The van der Waals surface area contributed by atoms with Crippen molar-refractivity contribution in [2.45, 2.75) is 9.92 Å². The quantitative estimate of drug-likeness (QED) is 0.591. The second-order valence-corrected chi connectivity index (χ2v) is 4.40. The Morgan fingerprint density at radius 1 is 1.00 bits per heavy atom. The first-order valence-corrected chi connectivity index (χ1v) is 5.52. The first kappa shape index (κ1) is 11.0. The van der Waals surface area contributed by atoms with E-state index >= 15 is 0 Å².